The quantitative estimate of drug-likeness (QED) is 0.797. The Labute approximate surface area is 100 Å². The van der Waals surface area contributed by atoms with Gasteiger partial charge in [-0.25, -0.2) is 0 Å². The van der Waals surface area contributed by atoms with Crippen LogP contribution in [0.4, 0.5) is 0 Å². The van der Waals surface area contributed by atoms with Gasteiger partial charge < -0.3 is 19.3 Å². The van der Waals surface area contributed by atoms with Gasteiger partial charge in [0.15, 0.2) is 6.29 Å². The van der Waals surface area contributed by atoms with Crippen molar-refractivity contribution in [2.24, 2.45) is 0 Å². The summed E-state index contributed by atoms with van der Waals surface area (Å²) >= 11 is 0. The molecule has 2 aliphatic heterocycles. The molecule has 17 heavy (non-hydrogen) atoms. The third-order valence-corrected chi connectivity index (χ3v) is 3.26. The van der Waals surface area contributed by atoms with E-state index >= 15 is 0 Å². The highest BCUT2D eigenvalue weighted by Crippen LogP contribution is 2.31. The predicted octanol–water partition coefficient (Wildman–Crippen LogP) is 1.25. The average Bonchev–Trinajstić information content (AvgIpc) is 2.40. The van der Waals surface area contributed by atoms with Crippen molar-refractivity contribution in [3.63, 3.8) is 0 Å². The summed E-state index contributed by atoms with van der Waals surface area (Å²) in [6, 6.07) is 9.76. The number of hydrogen-bond acceptors (Lipinski definition) is 4. The number of ether oxygens (including phenoxy) is 3. The number of aliphatic hydroxyl groups is 1. The van der Waals surface area contributed by atoms with Gasteiger partial charge in [0, 0.05) is 12.2 Å². The van der Waals surface area contributed by atoms with E-state index in [0.29, 0.717) is 19.6 Å². The van der Waals surface area contributed by atoms with E-state index in [4.69, 9.17) is 14.2 Å². The van der Waals surface area contributed by atoms with Crippen LogP contribution in [0.25, 0.3) is 0 Å². The minimum Gasteiger partial charge on any atom is -0.390 e. The fraction of sp³-hybridized carbons (Fsp3) is 0.538. The number of aliphatic hydroxyl groups excluding tert-OH is 1. The van der Waals surface area contributed by atoms with Gasteiger partial charge in [0.25, 0.3) is 0 Å². The lowest BCUT2D eigenvalue weighted by Gasteiger charge is -2.41. The highest BCUT2D eigenvalue weighted by molar-refractivity contribution is 5.16. The van der Waals surface area contributed by atoms with Crippen LogP contribution in [0.5, 0.6) is 0 Å². The smallest absolute Gasteiger partial charge is 0.184 e. The van der Waals surface area contributed by atoms with Crippen LogP contribution < -0.4 is 0 Å². The van der Waals surface area contributed by atoms with Gasteiger partial charge in [-0.05, 0) is 6.42 Å². The van der Waals surface area contributed by atoms with Crippen LogP contribution in [0.2, 0.25) is 0 Å². The molecule has 1 aromatic rings. The summed E-state index contributed by atoms with van der Waals surface area (Å²) < 4.78 is 16.9. The van der Waals surface area contributed by atoms with Gasteiger partial charge in [-0.15, -0.1) is 0 Å². The fourth-order valence-electron chi connectivity index (χ4n) is 2.32. The lowest BCUT2D eigenvalue weighted by atomic mass is 10.0. The molecule has 1 aromatic carbocycles. The minimum atomic E-state index is -0.455. The van der Waals surface area contributed by atoms with Gasteiger partial charge in [-0.1, -0.05) is 30.3 Å². The van der Waals surface area contributed by atoms with Crippen molar-refractivity contribution in [3.05, 3.63) is 35.9 Å². The summed E-state index contributed by atoms with van der Waals surface area (Å²) in [4.78, 5) is 0. The van der Waals surface area contributed by atoms with Gasteiger partial charge in [-0.2, -0.15) is 0 Å². The first-order chi connectivity index (χ1) is 8.34. The Morgan fingerprint density at radius 2 is 1.94 bits per heavy atom. The normalized spacial score (nSPS) is 37.5. The minimum absolute atomic E-state index is 0.140. The molecule has 4 nitrogen and oxygen atoms in total. The molecular formula is C13H16O4. The molecule has 4 atom stereocenters. The maximum absolute atomic E-state index is 9.91. The van der Waals surface area contributed by atoms with Crippen molar-refractivity contribution in [2.75, 3.05) is 13.2 Å². The molecule has 0 amide bonds. The van der Waals surface area contributed by atoms with Gasteiger partial charge in [0.1, 0.15) is 12.2 Å². The van der Waals surface area contributed by atoms with Crippen LogP contribution >= 0.6 is 0 Å². The summed E-state index contributed by atoms with van der Waals surface area (Å²) in [5.41, 5.74) is 0.976. The Hall–Kier alpha value is -0.940. The maximum Gasteiger partial charge on any atom is 0.184 e. The fourth-order valence-corrected chi connectivity index (χ4v) is 2.32. The third-order valence-electron chi connectivity index (χ3n) is 3.26. The Morgan fingerprint density at radius 1 is 1.12 bits per heavy atom. The summed E-state index contributed by atoms with van der Waals surface area (Å²) in [7, 11) is 0. The van der Waals surface area contributed by atoms with Gasteiger partial charge in [0.05, 0.1) is 12.7 Å². The molecular weight excluding hydrogens is 220 g/mol. The Kier molecular flexibility index (Phi) is 3.11. The zero-order valence-corrected chi connectivity index (χ0v) is 9.49. The van der Waals surface area contributed by atoms with Crippen molar-refractivity contribution < 1.29 is 19.3 Å². The van der Waals surface area contributed by atoms with E-state index in [9.17, 15) is 5.11 Å². The van der Waals surface area contributed by atoms with Crippen LogP contribution in [0.1, 0.15) is 18.3 Å². The molecule has 0 saturated carbocycles. The molecule has 3 rings (SSSR count). The molecule has 1 unspecified atom stereocenters. The van der Waals surface area contributed by atoms with E-state index in [0.717, 1.165) is 5.56 Å². The standard InChI is InChI=1S/C13H16O4/c14-10-6-7-15-11-8-16-13(17-12(10)11)9-4-2-1-3-5-9/h1-5,10-14H,6-8H2/t10-,11-,12?,13-/m1/s1. The summed E-state index contributed by atoms with van der Waals surface area (Å²) in [6.45, 7) is 1.05. The first kappa shape index (κ1) is 11.2. The monoisotopic (exact) mass is 236 g/mol. The third kappa shape index (κ3) is 2.21. The summed E-state index contributed by atoms with van der Waals surface area (Å²) in [5, 5.41) is 9.91. The van der Waals surface area contributed by atoms with Crippen LogP contribution in [-0.2, 0) is 14.2 Å². The SMILES string of the molecule is O[C@@H]1CCO[C@@H]2CO[C@@H](c3ccccc3)OC12. The second-order valence-electron chi connectivity index (χ2n) is 4.44. The van der Waals surface area contributed by atoms with Gasteiger partial charge in [-0.3, -0.25) is 0 Å². The number of hydrogen-bond donors (Lipinski definition) is 1. The van der Waals surface area contributed by atoms with Crippen molar-refractivity contribution in [2.45, 2.75) is 31.0 Å². The van der Waals surface area contributed by atoms with Crippen LogP contribution in [0, 0.1) is 0 Å². The first-order valence-electron chi connectivity index (χ1n) is 5.96. The second kappa shape index (κ2) is 4.74. The predicted molar refractivity (Wildman–Crippen MR) is 60.4 cm³/mol. The zero-order valence-electron chi connectivity index (χ0n) is 9.49. The summed E-state index contributed by atoms with van der Waals surface area (Å²) in [5.74, 6) is 0. The molecule has 2 aliphatic rings. The van der Waals surface area contributed by atoms with E-state index in [1.54, 1.807) is 0 Å². The van der Waals surface area contributed by atoms with E-state index < -0.39 is 12.4 Å². The first-order valence-corrected chi connectivity index (χ1v) is 5.96. The van der Waals surface area contributed by atoms with Crippen LogP contribution in [-0.4, -0.2) is 36.6 Å². The Morgan fingerprint density at radius 3 is 2.76 bits per heavy atom. The topological polar surface area (TPSA) is 47.9 Å². The lowest BCUT2D eigenvalue weighted by molar-refractivity contribution is -0.298. The molecule has 0 spiro atoms. The van der Waals surface area contributed by atoms with E-state index in [-0.39, 0.29) is 12.2 Å². The van der Waals surface area contributed by atoms with Crippen LogP contribution in [0.15, 0.2) is 30.3 Å². The van der Waals surface area contributed by atoms with Crippen molar-refractivity contribution in [1.29, 1.82) is 0 Å². The molecule has 0 aromatic heterocycles. The lowest BCUT2D eigenvalue weighted by Crippen LogP contribution is -2.52. The number of fused-ring (bicyclic) bond motifs is 1. The molecule has 4 heteroatoms. The Bertz CT molecular complexity index is 367. The number of benzene rings is 1. The highest BCUT2D eigenvalue weighted by atomic mass is 16.7. The highest BCUT2D eigenvalue weighted by Gasteiger charge is 2.40. The van der Waals surface area contributed by atoms with E-state index in [2.05, 4.69) is 0 Å². The number of rotatable bonds is 1. The largest absolute Gasteiger partial charge is 0.390 e. The van der Waals surface area contributed by atoms with Crippen LogP contribution in [0.3, 0.4) is 0 Å². The molecule has 0 radical (unpaired) electrons. The van der Waals surface area contributed by atoms with Crippen molar-refractivity contribution in [1.82, 2.24) is 0 Å². The summed E-state index contributed by atoms with van der Waals surface area (Å²) in [6.07, 6.45) is -0.637. The second-order valence-corrected chi connectivity index (χ2v) is 4.44. The molecule has 1 N–H and O–H groups in total. The molecule has 0 bridgehead atoms. The molecule has 92 valence electrons. The van der Waals surface area contributed by atoms with Crippen molar-refractivity contribution in [3.8, 4) is 0 Å². The molecule has 2 saturated heterocycles. The molecule has 2 fully saturated rings. The van der Waals surface area contributed by atoms with E-state index in [1.807, 2.05) is 30.3 Å². The Balaban J connectivity index is 1.74. The van der Waals surface area contributed by atoms with Gasteiger partial charge >= 0.3 is 0 Å². The van der Waals surface area contributed by atoms with Crippen molar-refractivity contribution >= 4 is 0 Å². The van der Waals surface area contributed by atoms with E-state index in [1.165, 1.54) is 0 Å². The van der Waals surface area contributed by atoms with Gasteiger partial charge in [0.2, 0.25) is 0 Å². The maximum atomic E-state index is 9.91. The molecule has 2 heterocycles. The molecule has 0 aliphatic carbocycles. The average molecular weight is 236 g/mol. The zero-order chi connectivity index (χ0) is 11.7.